The number of nitrogens with zero attached hydrogens (tertiary/aromatic N) is 1. The number of hydrogen-bond donors (Lipinski definition) is 4. The van der Waals surface area contributed by atoms with E-state index < -0.39 is 40.8 Å². The molecule has 1 saturated carbocycles. The number of amides is 1. The van der Waals surface area contributed by atoms with Crippen molar-refractivity contribution in [3.8, 4) is 22.5 Å². The summed E-state index contributed by atoms with van der Waals surface area (Å²) >= 11 is -0.624. The smallest absolute Gasteiger partial charge is 0.412 e. The van der Waals surface area contributed by atoms with Gasteiger partial charge in [-0.05, 0) is 55.0 Å². The summed E-state index contributed by atoms with van der Waals surface area (Å²) in [5.41, 5.74) is 3.67. The maximum Gasteiger partial charge on any atom is 0.412 e. The molecule has 1 unspecified atom stereocenters. The molecule has 4 aromatic rings. The second kappa shape index (κ2) is 11.0. The second-order valence-corrected chi connectivity index (χ2v) is 10.7. The molecule has 1 heterocycles. The number of ether oxygens (including phenoxy) is 1. The van der Waals surface area contributed by atoms with Crippen LogP contribution in [0.4, 0.5) is 14.4 Å². The van der Waals surface area contributed by atoms with Crippen molar-refractivity contribution in [3.05, 3.63) is 95.2 Å². The van der Waals surface area contributed by atoms with Crippen molar-refractivity contribution in [2.75, 3.05) is 5.32 Å². The number of aryl methyl sites for hydroxylation is 1. The Kier molecular flexibility index (Phi) is 7.60. The molecular weight excluding hydrogens is 551 g/mol. The third kappa shape index (κ3) is 5.69. The van der Waals surface area contributed by atoms with Crippen molar-refractivity contribution >= 4 is 29.9 Å². The first kappa shape index (κ1) is 28.3. The molecule has 1 aromatic heterocycles. The molecule has 1 atom stereocenters. The van der Waals surface area contributed by atoms with Gasteiger partial charge in [0, 0.05) is 11.1 Å². The van der Waals surface area contributed by atoms with Gasteiger partial charge in [-0.3, -0.25) is 10.1 Å². The minimum atomic E-state index is -2.72. The van der Waals surface area contributed by atoms with Crippen LogP contribution in [-0.2, 0) is 20.1 Å². The molecule has 1 aliphatic carbocycles. The zero-order chi connectivity index (χ0) is 29.4. The van der Waals surface area contributed by atoms with E-state index in [1.165, 1.54) is 18.2 Å². The third-order valence-electron chi connectivity index (χ3n) is 7.29. The van der Waals surface area contributed by atoms with Gasteiger partial charge in [-0.15, -0.1) is 0 Å². The van der Waals surface area contributed by atoms with Gasteiger partial charge in [0.15, 0.2) is 5.76 Å². The Morgan fingerprint density at radius 3 is 2.24 bits per heavy atom. The number of aliphatic carboxylic acids is 1. The first-order valence-corrected chi connectivity index (χ1v) is 13.5. The van der Waals surface area contributed by atoms with Crippen molar-refractivity contribution < 1.29 is 38.1 Å². The fourth-order valence-corrected chi connectivity index (χ4v) is 4.88. The molecule has 1 fully saturated rings. The number of hydrogen-bond acceptors (Lipinski definition) is 8. The molecule has 0 spiro atoms. The molecule has 4 N–H and O–H groups in total. The summed E-state index contributed by atoms with van der Waals surface area (Å²) in [4.78, 5) is 24.4. The van der Waals surface area contributed by atoms with Gasteiger partial charge in [-0.1, -0.05) is 71.9 Å². The minimum Gasteiger partial charge on any atom is -0.481 e. The summed E-state index contributed by atoms with van der Waals surface area (Å²) in [6.45, 7) is 3.27. The highest BCUT2D eigenvalue weighted by Crippen LogP contribution is 2.48. The van der Waals surface area contributed by atoms with E-state index in [1.54, 1.807) is 19.9 Å². The van der Waals surface area contributed by atoms with Crippen LogP contribution in [0.3, 0.4) is 0 Å². The number of benzene rings is 3. The summed E-state index contributed by atoms with van der Waals surface area (Å²) in [5.74, 6) is -0.459. The van der Waals surface area contributed by atoms with Crippen molar-refractivity contribution in [2.45, 2.75) is 43.3 Å². The molecule has 212 valence electrons. The molecule has 0 bridgehead atoms. The molecule has 11 heteroatoms. The van der Waals surface area contributed by atoms with Crippen LogP contribution < -0.4 is 5.32 Å². The monoisotopic (exact) mass is 578 g/mol. The van der Waals surface area contributed by atoms with E-state index in [9.17, 15) is 28.8 Å². The number of aliphatic hydroxyl groups is 2. The molecule has 1 aliphatic rings. The normalized spacial score (nSPS) is 14.8. The maximum absolute atomic E-state index is 12.9. The Balaban J connectivity index is 1.28. The number of anilines is 1. The number of rotatable bonds is 9. The second-order valence-electron chi connectivity index (χ2n) is 10.00. The van der Waals surface area contributed by atoms with Gasteiger partial charge in [0.2, 0.25) is 0 Å². The summed E-state index contributed by atoms with van der Waals surface area (Å²) in [6.07, 6.45) is -0.288. The lowest BCUT2D eigenvalue weighted by Crippen LogP contribution is -2.20. The molecule has 5 rings (SSSR count). The highest BCUT2D eigenvalue weighted by atomic mass is 32.2. The van der Waals surface area contributed by atoms with Crippen LogP contribution in [-0.4, -0.2) is 32.5 Å². The Morgan fingerprint density at radius 1 is 1.05 bits per heavy atom. The fraction of sp³-hybridized carbons (Fsp3) is 0.233. The van der Waals surface area contributed by atoms with Crippen LogP contribution >= 0.6 is 12.1 Å². The molecule has 41 heavy (non-hydrogen) atoms. The number of carboxylic acid groups (broad SMARTS) is 1. The van der Waals surface area contributed by atoms with E-state index in [-0.39, 0.29) is 5.56 Å². The van der Waals surface area contributed by atoms with Gasteiger partial charge in [0.1, 0.15) is 29.6 Å². The standard InChI is InChI=1S/C30H27FN2O7S/c1-17-25(32-28(36)39-18(2)22-4-3-5-24(16-22)30(37,38)41-31)26(40-33-17)21-8-6-19(7-9-21)20-10-12-23(13-11-20)29(14-15-29)27(34)35/h3-13,16,18,37-38H,14-15H2,1-2H3,(H,32,36)(H,34,35). The molecule has 0 radical (unpaired) electrons. The molecule has 9 nitrogen and oxygen atoms in total. The zero-order valence-electron chi connectivity index (χ0n) is 22.1. The van der Waals surface area contributed by atoms with Crippen LogP contribution in [0.25, 0.3) is 22.5 Å². The predicted octanol–water partition coefficient (Wildman–Crippen LogP) is 6.46. The average Bonchev–Trinajstić information content (AvgIpc) is 3.72. The maximum atomic E-state index is 12.9. The lowest BCUT2D eigenvalue weighted by atomic mass is 9.93. The van der Waals surface area contributed by atoms with Crippen molar-refractivity contribution in [3.63, 3.8) is 0 Å². The molecule has 3 aromatic carbocycles. The van der Waals surface area contributed by atoms with Crippen LogP contribution in [0.1, 0.15) is 48.3 Å². The highest BCUT2D eigenvalue weighted by Gasteiger charge is 2.51. The molecular formula is C30H27FN2O7S. The number of carbonyl (C=O) groups excluding carboxylic acids is 1. The van der Waals surface area contributed by atoms with E-state index in [2.05, 4.69) is 10.5 Å². The Morgan fingerprint density at radius 2 is 1.66 bits per heavy atom. The fourth-order valence-electron chi connectivity index (χ4n) is 4.66. The average molecular weight is 579 g/mol. The van der Waals surface area contributed by atoms with E-state index in [0.29, 0.717) is 41.1 Å². The zero-order valence-corrected chi connectivity index (χ0v) is 22.9. The molecule has 0 saturated heterocycles. The van der Waals surface area contributed by atoms with Gasteiger partial charge in [-0.2, -0.15) is 3.89 Å². The lowest BCUT2D eigenvalue weighted by molar-refractivity contribution is -0.140. The highest BCUT2D eigenvalue weighted by molar-refractivity contribution is 7.94. The van der Waals surface area contributed by atoms with Crippen molar-refractivity contribution in [1.29, 1.82) is 0 Å². The topological polar surface area (TPSA) is 142 Å². The van der Waals surface area contributed by atoms with E-state index in [4.69, 9.17) is 9.26 Å². The van der Waals surface area contributed by atoms with E-state index in [1.807, 2.05) is 48.5 Å². The van der Waals surface area contributed by atoms with Gasteiger partial charge in [0.05, 0.1) is 5.41 Å². The van der Waals surface area contributed by atoms with Gasteiger partial charge in [-0.25, -0.2) is 4.79 Å². The first-order valence-electron chi connectivity index (χ1n) is 12.8. The minimum absolute atomic E-state index is 0.0954. The SMILES string of the molecule is Cc1noc(-c2ccc(-c3ccc(C4(C(=O)O)CC4)cc3)cc2)c1NC(=O)OC(C)c1cccc(C(O)(O)SF)c1. The van der Waals surface area contributed by atoms with E-state index in [0.717, 1.165) is 16.7 Å². The lowest BCUT2D eigenvalue weighted by Gasteiger charge is -2.19. The summed E-state index contributed by atoms with van der Waals surface area (Å²) in [6, 6.07) is 20.8. The number of nitrogens with one attached hydrogen (secondary N) is 1. The van der Waals surface area contributed by atoms with Gasteiger partial charge in [0.25, 0.3) is 5.12 Å². The van der Waals surface area contributed by atoms with Gasteiger partial charge < -0.3 is 24.6 Å². The Bertz CT molecular complexity index is 1580. The molecule has 1 amide bonds. The third-order valence-corrected chi connectivity index (χ3v) is 7.74. The number of carboxylic acids is 1. The Hall–Kier alpha value is -4.19. The van der Waals surface area contributed by atoms with Gasteiger partial charge >= 0.3 is 12.1 Å². The molecule has 0 aliphatic heterocycles. The summed E-state index contributed by atoms with van der Waals surface area (Å²) in [5, 5.41) is 33.0. The summed E-state index contributed by atoms with van der Waals surface area (Å²) < 4.78 is 23.9. The predicted molar refractivity (Wildman–Crippen MR) is 150 cm³/mol. The quantitative estimate of drug-likeness (QED) is 0.165. The largest absolute Gasteiger partial charge is 0.481 e. The first-order chi connectivity index (χ1) is 19.5. The summed E-state index contributed by atoms with van der Waals surface area (Å²) in [7, 11) is 0. The van der Waals surface area contributed by atoms with Crippen molar-refractivity contribution in [2.24, 2.45) is 0 Å². The van der Waals surface area contributed by atoms with Crippen LogP contribution in [0, 0.1) is 6.92 Å². The van der Waals surface area contributed by atoms with E-state index >= 15 is 0 Å². The van der Waals surface area contributed by atoms with Crippen LogP contribution in [0.5, 0.6) is 0 Å². The number of carbonyl (C=O) groups is 2. The van der Waals surface area contributed by atoms with Crippen LogP contribution in [0.2, 0.25) is 0 Å². The Labute approximate surface area is 239 Å². The number of aromatic nitrogens is 1. The number of halogens is 1. The van der Waals surface area contributed by atoms with Crippen LogP contribution in [0.15, 0.2) is 77.3 Å². The van der Waals surface area contributed by atoms with Crippen molar-refractivity contribution in [1.82, 2.24) is 5.16 Å².